The summed E-state index contributed by atoms with van der Waals surface area (Å²) >= 11 is 3.49. The highest BCUT2D eigenvalue weighted by atomic mass is 79.9. The van der Waals surface area contributed by atoms with Gasteiger partial charge in [-0.25, -0.2) is 18.7 Å². The van der Waals surface area contributed by atoms with E-state index in [-0.39, 0.29) is 6.54 Å². The van der Waals surface area contributed by atoms with Crippen molar-refractivity contribution >= 4 is 33.5 Å². The second-order valence-electron chi connectivity index (χ2n) is 7.52. The van der Waals surface area contributed by atoms with Gasteiger partial charge in [-0.05, 0) is 55.6 Å². The van der Waals surface area contributed by atoms with Gasteiger partial charge in [0.1, 0.15) is 11.8 Å². The van der Waals surface area contributed by atoms with Crippen molar-refractivity contribution in [2.45, 2.75) is 51.9 Å². The summed E-state index contributed by atoms with van der Waals surface area (Å²) < 4.78 is 22.5. The van der Waals surface area contributed by atoms with Crippen molar-refractivity contribution in [3.8, 4) is 0 Å². The van der Waals surface area contributed by atoms with E-state index < -0.39 is 23.9 Å². The van der Waals surface area contributed by atoms with Crippen molar-refractivity contribution in [3.63, 3.8) is 0 Å². The van der Waals surface area contributed by atoms with Crippen LogP contribution in [0.1, 0.15) is 32.8 Å². The second-order valence-corrected chi connectivity index (χ2v) is 8.31. The molecule has 0 aliphatic carbocycles. The topological polar surface area (TPSA) is 71.8 Å². The highest BCUT2D eigenvalue weighted by molar-refractivity contribution is 9.10. The highest BCUT2D eigenvalue weighted by Gasteiger charge is 2.34. The van der Waals surface area contributed by atoms with Crippen LogP contribution in [0.5, 0.6) is 0 Å². The van der Waals surface area contributed by atoms with Crippen LogP contribution in [0.2, 0.25) is 0 Å². The predicted molar refractivity (Wildman–Crippen MR) is 100 cm³/mol. The van der Waals surface area contributed by atoms with Crippen molar-refractivity contribution in [3.05, 3.63) is 22.4 Å². The molecule has 0 spiro atoms. The van der Waals surface area contributed by atoms with Gasteiger partial charge < -0.3 is 15.0 Å². The van der Waals surface area contributed by atoms with Crippen molar-refractivity contribution in [1.29, 1.82) is 0 Å². The van der Waals surface area contributed by atoms with Crippen LogP contribution >= 0.6 is 15.9 Å². The molecular weight excluding hydrogens is 405 g/mol. The van der Waals surface area contributed by atoms with Gasteiger partial charge in [0.15, 0.2) is 0 Å². The minimum absolute atomic E-state index is 0.0109. The molecule has 0 radical (unpaired) electrons. The largest absolute Gasteiger partial charge is 0.444 e. The van der Waals surface area contributed by atoms with E-state index in [4.69, 9.17) is 4.74 Å². The quantitative estimate of drug-likeness (QED) is 0.792. The number of piperidine rings is 1. The average molecular weight is 428 g/mol. The number of nitrogens with one attached hydrogen (secondary N) is 1. The first-order valence-corrected chi connectivity index (χ1v) is 9.32. The molecule has 2 atom stereocenters. The number of hydrogen-bond donors (Lipinski definition) is 1. The number of ether oxygens (including phenoxy) is 1. The van der Waals surface area contributed by atoms with Crippen LogP contribution in [0, 0.1) is 6.92 Å². The number of likely N-dealkylation sites (tertiary alicyclic amines) is 1. The summed E-state index contributed by atoms with van der Waals surface area (Å²) in [5, 5.41) is 7.43. The van der Waals surface area contributed by atoms with E-state index in [1.165, 1.54) is 4.90 Å². The predicted octanol–water partition coefficient (Wildman–Crippen LogP) is 3.56. The third-order valence-corrected chi connectivity index (χ3v) is 5.18. The summed E-state index contributed by atoms with van der Waals surface area (Å²) in [5.41, 5.74) is 1.31. The number of nitrogens with zero attached hydrogens (tertiary/aromatic N) is 4. The molecular formula is C17H23BrFN5O2. The van der Waals surface area contributed by atoms with Crippen LogP contribution < -0.4 is 5.32 Å². The fourth-order valence-electron chi connectivity index (χ4n) is 2.85. The van der Waals surface area contributed by atoms with Crippen molar-refractivity contribution < 1.29 is 13.9 Å². The second kappa shape index (κ2) is 7.02. The number of fused-ring (bicyclic) bond motifs is 1. The van der Waals surface area contributed by atoms with Crippen LogP contribution in [0.4, 0.5) is 15.1 Å². The number of aryl methyl sites for hydroxylation is 1. The Labute approximate surface area is 160 Å². The smallest absolute Gasteiger partial charge is 0.410 e. The van der Waals surface area contributed by atoms with Gasteiger partial charge in [-0.3, -0.25) is 0 Å². The summed E-state index contributed by atoms with van der Waals surface area (Å²) in [6.07, 6.45) is 2.31. The maximum Gasteiger partial charge on any atom is 0.410 e. The summed E-state index contributed by atoms with van der Waals surface area (Å²) in [7, 11) is 0. The van der Waals surface area contributed by atoms with Crippen molar-refractivity contribution in [2.24, 2.45) is 0 Å². The lowest BCUT2D eigenvalue weighted by Gasteiger charge is -2.35. The number of anilines is 1. The Kier molecular flexibility index (Phi) is 5.09. The molecule has 26 heavy (non-hydrogen) atoms. The Morgan fingerprint density at radius 1 is 1.46 bits per heavy atom. The normalized spacial score (nSPS) is 21.1. The minimum atomic E-state index is -1.23. The number of hydrogen-bond acceptors (Lipinski definition) is 5. The monoisotopic (exact) mass is 427 g/mol. The molecule has 1 aliphatic rings. The van der Waals surface area contributed by atoms with Crippen molar-refractivity contribution in [1.82, 2.24) is 19.5 Å². The van der Waals surface area contributed by atoms with E-state index in [0.717, 1.165) is 15.6 Å². The lowest BCUT2D eigenvalue weighted by molar-refractivity contribution is 0.0125. The molecule has 1 amide bonds. The Morgan fingerprint density at radius 3 is 2.85 bits per heavy atom. The lowest BCUT2D eigenvalue weighted by atomic mass is 10.0. The van der Waals surface area contributed by atoms with Gasteiger partial charge in [0, 0.05) is 17.2 Å². The summed E-state index contributed by atoms with van der Waals surface area (Å²) in [6.45, 7) is 7.76. The summed E-state index contributed by atoms with van der Waals surface area (Å²) in [6, 6.07) is -0.453. The molecule has 142 valence electrons. The number of aromatic nitrogens is 3. The van der Waals surface area contributed by atoms with E-state index in [1.807, 2.05) is 13.1 Å². The third-order valence-electron chi connectivity index (χ3n) is 4.15. The fraction of sp³-hybridized carbons (Fsp3) is 0.588. The van der Waals surface area contributed by atoms with E-state index in [2.05, 4.69) is 31.3 Å². The highest BCUT2D eigenvalue weighted by Crippen LogP contribution is 2.24. The Bertz CT molecular complexity index is 819. The number of carbonyl (C=O) groups excluding carboxylic acids is 1. The standard InChI is InChI=1S/C17H23BrFN5O2/c1-10-8-24-13(14(10)18)7-20-15(22-24)21-12-5-6-23(9-11(12)19)16(25)26-17(2,3)4/h7-8,11-12H,5-6,9H2,1-4H3,(H,21,22)/t11-,12+/m1/s1. The minimum Gasteiger partial charge on any atom is -0.444 e. The van der Waals surface area contributed by atoms with Gasteiger partial charge in [-0.1, -0.05) is 0 Å². The molecule has 1 aliphatic heterocycles. The van der Waals surface area contributed by atoms with Crippen LogP contribution in [0.25, 0.3) is 5.52 Å². The molecule has 0 saturated carbocycles. The Hall–Kier alpha value is -1.90. The van der Waals surface area contributed by atoms with Crippen LogP contribution in [0.15, 0.2) is 16.9 Å². The zero-order valence-corrected chi connectivity index (χ0v) is 16.9. The molecule has 3 rings (SSSR count). The molecule has 1 saturated heterocycles. The number of carbonyl (C=O) groups is 1. The van der Waals surface area contributed by atoms with Crippen molar-refractivity contribution in [2.75, 3.05) is 18.4 Å². The number of halogens is 2. The number of amides is 1. The molecule has 1 fully saturated rings. The van der Waals surface area contributed by atoms with E-state index in [0.29, 0.717) is 18.9 Å². The molecule has 7 nitrogen and oxygen atoms in total. The fourth-order valence-corrected chi connectivity index (χ4v) is 3.24. The van der Waals surface area contributed by atoms with Crippen LogP contribution in [-0.4, -0.2) is 56.5 Å². The zero-order valence-electron chi connectivity index (χ0n) is 15.3. The first-order chi connectivity index (χ1) is 12.1. The van der Waals surface area contributed by atoms with Gasteiger partial charge in [0.25, 0.3) is 0 Å². The zero-order chi connectivity index (χ0) is 19.1. The SMILES string of the molecule is Cc1cn2nc(N[C@H]3CCN(C(=O)OC(C)(C)C)C[C@H]3F)ncc2c1Br. The number of rotatable bonds is 2. The maximum absolute atomic E-state index is 14.6. The summed E-state index contributed by atoms with van der Waals surface area (Å²) in [5.74, 6) is 0.360. The lowest BCUT2D eigenvalue weighted by Crippen LogP contribution is -2.51. The molecule has 0 bridgehead atoms. The Balaban J connectivity index is 1.64. The van der Waals surface area contributed by atoms with Gasteiger partial charge >= 0.3 is 6.09 Å². The first-order valence-electron chi connectivity index (χ1n) is 8.53. The Morgan fingerprint density at radius 2 is 2.19 bits per heavy atom. The molecule has 9 heteroatoms. The van der Waals surface area contributed by atoms with E-state index >= 15 is 0 Å². The van der Waals surface area contributed by atoms with Gasteiger partial charge in [-0.15, -0.1) is 5.10 Å². The van der Waals surface area contributed by atoms with Gasteiger partial charge in [0.05, 0.1) is 24.3 Å². The van der Waals surface area contributed by atoms with Gasteiger partial charge in [-0.2, -0.15) is 0 Å². The molecule has 2 aromatic heterocycles. The molecule has 0 unspecified atom stereocenters. The molecule has 0 aromatic carbocycles. The molecule has 1 N–H and O–H groups in total. The third kappa shape index (κ3) is 4.08. The number of alkyl halides is 1. The van der Waals surface area contributed by atoms with E-state index in [1.54, 1.807) is 31.5 Å². The van der Waals surface area contributed by atoms with Crippen LogP contribution in [-0.2, 0) is 4.74 Å². The first kappa shape index (κ1) is 18.9. The molecule has 3 heterocycles. The van der Waals surface area contributed by atoms with E-state index in [9.17, 15) is 9.18 Å². The maximum atomic E-state index is 14.6. The summed E-state index contributed by atoms with van der Waals surface area (Å²) in [4.78, 5) is 17.8. The molecule has 2 aromatic rings. The average Bonchev–Trinajstić information content (AvgIpc) is 2.82. The van der Waals surface area contributed by atoms with Gasteiger partial charge in [0.2, 0.25) is 5.95 Å². The van der Waals surface area contributed by atoms with Crippen LogP contribution in [0.3, 0.4) is 0 Å².